The number of aliphatic hydroxyl groups excluding tert-OH is 2. The topological polar surface area (TPSA) is 128 Å². The molecule has 4 atom stereocenters. The van der Waals surface area contributed by atoms with Crippen LogP contribution in [0.25, 0.3) is 0 Å². The molecule has 0 spiro atoms. The van der Waals surface area contributed by atoms with Gasteiger partial charge in [-0.3, -0.25) is 4.90 Å². The van der Waals surface area contributed by atoms with E-state index in [4.69, 9.17) is 25.2 Å². The van der Waals surface area contributed by atoms with Crippen molar-refractivity contribution in [2.24, 2.45) is 0 Å². The van der Waals surface area contributed by atoms with Gasteiger partial charge in [0.15, 0.2) is 12.2 Å². The molecule has 1 aliphatic rings. The Bertz CT molecular complexity index is 518. The fourth-order valence-corrected chi connectivity index (χ4v) is 2.19. The molecule has 1 heterocycles. The third kappa shape index (κ3) is 5.57. The zero-order valence-corrected chi connectivity index (χ0v) is 13.6. The number of morpholine rings is 1. The van der Waals surface area contributed by atoms with Gasteiger partial charge in [-0.1, -0.05) is 30.3 Å². The van der Waals surface area contributed by atoms with Gasteiger partial charge in [-0.25, -0.2) is 9.59 Å². The predicted molar refractivity (Wildman–Crippen MR) is 84.5 cm³/mol. The van der Waals surface area contributed by atoms with Gasteiger partial charge in [-0.05, 0) is 19.5 Å². The number of hydrogen-bond donors (Lipinski definition) is 4. The van der Waals surface area contributed by atoms with Gasteiger partial charge >= 0.3 is 11.9 Å². The first-order chi connectivity index (χ1) is 11.3. The molecule has 0 radical (unpaired) electrons. The average molecular weight is 341 g/mol. The van der Waals surface area contributed by atoms with Crippen LogP contribution in [0.5, 0.6) is 0 Å². The summed E-state index contributed by atoms with van der Waals surface area (Å²) in [5.74, 6) is -3.54. The Balaban J connectivity index is 0.000000257. The molecule has 0 amide bonds. The fraction of sp³-hybridized carbons (Fsp3) is 0.500. The third-order valence-corrected chi connectivity index (χ3v) is 3.81. The van der Waals surface area contributed by atoms with Gasteiger partial charge in [0.1, 0.15) is 0 Å². The highest BCUT2D eigenvalue weighted by molar-refractivity contribution is 5.83. The normalized spacial score (nSPS) is 23.5. The fourth-order valence-electron chi connectivity index (χ4n) is 2.19. The monoisotopic (exact) mass is 341 g/mol. The van der Waals surface area contributed by atoms with Gasteiger partial charge in [-0.15, -0.1) is 0 Å². The van der Waals surface area contributed by atoms with Gasteiger partial charge in [0.05, 0.1) is 12.7 Å². The van der Waals surface area contributed by atoms with E-state index in [1.165, 1.54) is 5.56 Å². The lowest BCUT2D eigenvalue weighted by Crippen LogP contribution is -2.42. The van der Waals surface area contributed by atoms with Crippen molar-refractivity contribution in [2.45, 2.75) is 31.3 Å². The Kier molecular flexibility index (Phi) is 7.80. The van der Waals surface area contributed by atoms with Gasteiger partial charge in [0.2, 0.25) is 0 Å². The number of carboxylic acids is 2. The van der Waals surface area contributed by atoms with Crippen molar-refractivity contribution < 1.29 is 34.8 Å². The van der Waals surface area contributed by atoms with Crippen LogP contribution in [0.3, 0.4) is 0 Å². The zero-order chi connectivity index (χ0) is 18.3. The summed E-state index contributed by atoms with van der Waals surface area (Å²) in [7, 11) is 2.16. The van der Waals surface area contributed by atoms with Crippen LogP contribution in [-0.4, -0.2) is 75.7 Å². The standard InChI is InChI=1S/C12H17NO.C4H6O6/c1-10-12(14-9-8-13(10)2)11-6-4-3-5-7-11;5-1(3(7)8)2(6)4(9)10/h3-7,10,12H,8-9H2,1-2H3;1-2,5-6H,(H,7,8)(H,9,10). The number of carbonyl (C=O) groups is 2. The molecule has 8 heteroatoms. The quantitative estimate of drug-likeness (QED) is 0.600. The molecule has 134 valence electrons. The minimum atomic E-state index is -2.27. The Labute approximate surface area is 139 Å². The lowest BCUT2D eigenvalue weighted by Gasteiger charge is -2.37. The molecule has 0 saturated carbocycles. The molecule has 1 fully saturated rings. The van der Waals surface area contributed by atoms with E-state index in [-0.39, 0.29) is 6.10 Å². The maximum absolute atomic E-state index is 9.77. The largest absolute Gasteiger partial charge is 0.479 e. The third-order valence-electron chi connectivity index (χ3n) is 3.81. The number of likely N-dealkylation sites (N-methyl/N-ethyl adjacent to an activating group) is 1. The minimum absolute atomic E-state index is 0.231. The first-order valence-corrected chi connectivity index (χ1v) is 7.44. The van der Waals surface area contributed by atoms with E-state index in [2.05, 4.69) is 43.1 Å². The van der Waals surface area contributed by atoms with Crippen LogP contribution < -0.4 is 0 Å². The summed E-state index contributed by atoms with van der Waals surface area (Å²) in [6, 6.07) is 10.9. The number of hydrogen-bond acceptors (Lipinski definition) is 6. The molecule has 0 aromatic heterocycles. The van der Waals surface area contributed by atoms with Crippen molar-refractivity contribution >= 4 is 11.9 Å². The van der Waals surface area contributed by atoms with Gasteiger partial charge in [-0.2, -0.15) is 0 Å². The number of nitrogens with zero attached hydrogens (tertiary/aromatic N) is 1. The van der Waals surface area contributed by atoms with Crippen LogP contribution in [0.1, 0.15) is 18.6 Å². The Morgan fingerprint density at radius 1 is 1.12 bits per heavy atom. The highest BCUT2D eigenvalue weighted by Gasteiger charge is 2.29. The van der Waals surface area contributed by atoms with E-state index in [9.17, 15) is 9.59 Å². The number of aliphatic hydroxyl groups is 2. The Morgan fingerprint density at radius 2 is 1.62 bits per heavy atom. The number of carboxylic acid groups (broad SMARTS) is 2. The van der Waals surface area contributed by atoms with Crippen LogP contribution in [0.2, 0.25) is 0 Å². The molecule has 8 nitrogen and oxygen atoms in total. The predicted octanol–water partition coefficient (Wildman–Crippen LogP) is -0.0444. The number of rotatable bonds is 4. The first kappa shape index (κ1) is 20.0. The lowest BCUT2D eigenvalue weighted by atomic mass is 10.0. The van der Waals surface area contributed by atoms with Crippen LogP contribution in [0, 0.1) is 0 Å². The molecule has 24 heavy (non-hydrogen) atoms. The van der Waals surface area contributed by atoms with Crippen molar-refractivity contribution in [3.8, 4) is 0 Å². The molecular weight excluding hydrogens is 318 g/mol. The summed E-state index contributed by atoms with van der Waals surface area (Å²) < 4.78 is 5.80. The first-order valence-electron chi connectivity index (χ1n) is 7.44. The summed E-state index contributed by atoms with van der Waals surface area (Å²) >= 11 is 0. The average Bonchev–Trinajstić information content (AvgIpc) is 2.57. The number of aliphatic carboxylic acids is 2. The molecule has 0 bridgehead atoms. The van der Waals surface area contributed by atoms with E-state index < -0.39 is 24.1 Å². The summed E-state index contributed by atoms with van der Waals surface area (Å²) in [4.78, 5) is 21.9. The van der Waals surface area contributed by atoms with Crippen LogP contribution in [0.15, 0.2) is 30.3 Å². The summed E-state index contributed by atoms with van der Waals surface area (Å²) in [5, 5.41) is 32.5. The van der Waals surface area contributed by atoms with Crippen molar-refractivity contribution in [1.82, 2.24) is 4.90 Å². The minimum Gasteiger partial charge on any atom is -0.479 e. The van der Waals surface area contributed by atoms with Gasteiger partial charge in [0, 0.05) is 12.6 Å². The second-order valence-electron chi connectivity index (χ2n) is 5.49. The van der Waals surface area contributed by atoms with Crippen molar-refractivity contribution in [3.63, 3.8) is 0 Å². The maximum atomic E-state index is 9.77. The highest BCUT2D eigenvalue weighted by atomic mass is 16.5. The molecule has 1 aliphatic heterocycles. The summed E-state index contributed by atoms with van der Waals surface area (Å²) in [5.41, 5.74) is 1.28. The molecule has 0 aliphatic carbocycles. The molecule has 1 aromatic carbocycles. The maximum Gasteiger partial charge on any atom is 0.335 e. The van der Waals surface area contributed by atoms with Crippen molar-refractivity contribution in [2.75, 3.05) is 20.2 Å². The van der Waals surface area contributed by atoms with E-state index >= 15 is 0 Å². The molecule has 1 saturated heterocycles. The molecule has 4 N–H and O–H groups in total. The summed E-state index contributed by atoms with van der Waals surface area (Å²) in [6.45, 7) is 4.09. The van der Waals surface area contributed by atoms with E-state index in [0.717, 1.165) is 13.2 Å². The second-order valence-corrected chi connectivity index (χ2v) is 5.49. The van der Waals surface area contributed by atoms with Gasteiger partial charge < -0.3 is 25.2 Å². The number of ether oxygens (including phenoxy) is 1. The molecule has 1 aromatic rings. The molecule has 2 rings (SSSR count). The van der Waals surface area contributed by atoms with Gasteiger partial charge in [0.25, 0.3) is 0 Å². The lowest BCUT2D eigenvalue weighted by molar-refractivity contribution is -0.165. The Morgan fingerprint density at radius 3 is 2.08 bits per heavy atom. The smallest absolute Gasteiger partial charge is 0.335 e. The van der Waals surface area contributed by atoms with Crippen LogP contribution in [0.4, 0.5) is 0 Å². The molecular formula is C16H23NO7. The van der Waals surface area contributed by atoms with Crippen LogP contribution >= 0.6 is 0 Å². The number of benzene rings is 1. The van der Waals surface area contributed by atoms with E-state index in [1.54, 1.807) is 0 Å². The Hall–Kier alpha value is -2.00. The zero-order valence-electron chi connectivity index (χ0n) is 13.6. The van der Waals surface area contributed by atoms with Crippen molar-refractivity contribution in [3.05, 3.63) is 35.9 Å². The van der Waals surface area contributed by atoms with Crippen molar-refractivity contribution in [1.29, 1.82) is 0 Å². The van der Waals surface area contributed by atoms with E-state index in [1.807, 2.05) is 6.07 Å². The molecule has 4 unspecified atom stereocenters. The van der Waals surface area contributed by atoms with Crippen LogP contribution in [-0.2, 0) is 14.3 Å². The second kappa shape index (κ2) is 9.33. The highest BCUT2D eigenvalue weighted by Crippen LogP contribution is 2.26. The SMILES string of the molecule is CC1C(c2ccccc2)OCCN1C.O=C(O)C(O)C(O)C(=O)O. The summed E-state index contributed by atoms with van der Waals surface area (Å²) in [6.07, 6.45) is -4.30. The van der Waals surface area contributed by atoms with E-state index in [0.29, 0.717) is 6.04 Å².